The van der Waals surface area contributed by atoms with Gasteiger partial charge in [0.1, 0.15) is 6.04 Å². The number of ether oxygens (including phenoxy) is 1. The average molecular weight is 261 g/mol. The van der Waals surface area contributed by atoms with E-state index in [1.54, 1.807) is 13.8 Å². The molecule has 1 N–H and O–H groups in total. The van der Waals surface area contributed by atoms with Crippen molar-refractivity contribution in [2.45, 2.75) is 32.2 Å². The van der Waals surface area contributed by atoms with Gasteiger partial charge in [0, 0.05) is 5.92 Å². The van der Waals surface area contributed by atoms with Gasteiger partial charge in [0.2, 0.25) is 5.91 Å². The monoisotopic (exact) mass is 261 g/mol. The van der Waals surface area contributed by atoms with Gasteiger partial charge in [-0.25, -0.2) is 4.79 Å². The first-order valence-electron chi connectivity index (χ1n) is 6.65. The molecule has 1 aromatic carbocycles. The van der Waals surface area contributed by atoms with Crippen molar-refractivity contribution in [1.82, 2.24) is 5.32 Å². The van der Waals surface area contributed by atoms with Crippen molar-refractivity contribution in [2.24, 2.45) is 5.92 Å². The number of benzene rings is 1. The van der Waals surface area contributed by atoms with E-state index in [4.69, 9.17) is 4.74 Å². The standard InChI is InChI=1S/C15H19NO3/c1-3-19-15(18)10(2)16-14(17)13-9-12(13)11-7-5-4-6-8-11/h4-8,10,12-13H,3,9H2,1-2H3,(H,16,17). The number of rotatable bonds is 5. The van der Waals surface area contributed by atoms with E-state index in [0.29, 0.717) is 6.61 Å². The number of carbonyl (C=O) groups excluding carboxylic acids is 2. The van der Waals surface area contributed by atoms with E-state index in [0.717, 1.165) is 6.42 Å². The lowest BCUT2D eigenvalue weighted by Crippen LogP contribution is -2.40. The third-order valence-corrected chi connectivity index (χ3v) is 3.35. The third kappa shape index (κ3) is 3.34. The second kappa shape index (κ2) is 5.87. The van der Waals surface area contributed by atoms with Crippen LogP contribution in [0.5, 0.6) is 0 Å². The summed E-state index contributed by atoms with van der Waals surface area (Å²) in [5.74, 6) is -0.169. The van der Waals surface area contributed by atoms with Crippen LogP contribution in [0.25, 0.3) is 0 Å². The van der Waals surface area contributed by atoms with E-state index in [1.165, 1.54) is 5.56 Å². The van der Waals surface area contributed by atoms with Crippen LogP contribution >= 0.6 is 0 Å². The number of carbonyl (C=O) groups is 2. The molecular formula is C15H19NO3. The first-order valence-corrected chi connectivity index (χ1v) is 6.65. The minimum absolute atomic E-state index is 0.0146. The van der Waals surface area contributed by atoms with Gasteiger partial charge >= 0.3 is 5.97 Å². The fraction of sp³-hybridized carbons (Fsp3) is 0.467. The average Bonchev–Trinajstić information content (AvgIpc) is 3.20. The summed E-state index contributed by atoms with van der Waals surface area (Å²) in [7, 11) is 0. The normalized spacial score (nSPS) is 22.4. The van der Waals surface area contributed by atoms with Crippen molar-refractivity contribution in [3.05, 3.63) is 35.9 Å². The summed E-state index contributed by atoms with van der Waals surface area (Å²) in [6.07, 6.45) is 0.853. The van der Waals surface area contributed by atoms with Gasteiger partial charge < -0.3 is 10.1 Å². The molecule has 4 heteroatoms. The van der Waals surface area contributed by atoms with Crippen LogP contribution in [0.3, 0.4) is 0 Å². The van der Waals surface area contributed by atoms with Crippen molar-refractivity contribution in [1.29, 1.82) is 0 Å². The van der Waals surface area contributed by atoms with Crippen molar-refractivity contribution in [2.75, 3.05) is 6.61 Å². The molecule has 3 atom stereocenters. The Labute approximate surface area is 113 Å². The molecule has 0 aromatic heterocycles. The van der Waals surface area contributed by atoms with Crippen molar-refractivity contribution >= 4 is 11.9 Å². The molecule has 0 spiro atoms. The Hall–Kier alpha value is -1.84. The van der Waals surface area contributed by atoms with Crippen LogP contribution in [0.15, 0.2) is 30.3 Å². The second-order valence-electron chi connectivity index (χ2n) is 4.84. The minimum atomic E-state index is -0.579. The highest BCUT2D eigenvalue weighted by Crippen LogP contribution is 2.47. The molecule has 1 fully saturated rings. The maximum absolute atomic E-state index is 12.0. The molecular weight excluding hydrogens is 242 g/mol. The van der Waals surface area contributed by atoms with Crippen LogP contribution in [0.1, 0.15) is 31.7 Å². The zero-order valence-corrected chi connectivity index (χ0v) is 11.3. The minimum Gasteiger partial charge on any atom is -0.464 e. The van der Waals surface area contributed by atoms with Crippen LogP contribution < -0.4 is 5.32 Å². The van der Waals surface area contributed by atoms with Gasteiger partial charge in [-0.2, -0.15) is 0 Å². The fourth-order valence-corrected chi connectivity index (χ4v) is 2.20. The maximum atomic E-state index is 12.0. The van der Waals surface area contributed by atoms with Gasteiger partial charge in [-0.3, -0.25) is 4.79 Å². The first kappa shape index (κ1) is 13.6. The predicted molar refractivity (Wildman–Crippen MR) is 71.5 cm³/mol. The van der Waals surface area contributed by atoms with Gasteiger partial charge in [0.05, 0.1) is 6.61 Å². The molecule has 3 unspecified atom stereocenters. The van der Waals surface area contributed by atoms with E-state index < -0.39 is 6.04 Å². The van der Waals surface area contributed by atoms with Gasteiger partial charge in [-0.05, 0) is 31.7 Å². The van der Waals surface area contributed by atoms with Gasteiger partial charge in [-0.15, -0.1) is 0 Å². The van der Waals surface area contributed by atoms with Crippen molar-refractivity contribution in [3.8, 4) is 0 Å². The predicted octanol–water partition coefficient (Wildman–Crippen LogP) is 1.86. The van der Waals surface area contributed by atoms with Crippen molar-refractivity contribution in [3.63, 3.8) is 0 Å². The molecule has 2 rings (SSSR count). The van der Waals surface area contributed by atoms with Gasteiger partial charge in [-0.1, -0.05) is 30.3 Å². The summed E-state index contributed by atoms with van der Waals surface area (Å²) >= 11 is 0. The third-order valence-electron chi connectivity index (χ3n) is 3.35. The molecule has 0 saturated heterocycles. The summed E-state index contributed by atoms with van der Waals surface area (Å²) in [5, 5.41) is 2.71. The van der Waals surface area contributed by atoms with E-state index in [1.807, 2.05) is 30.3 Å². The lowest BCUT2D eigenvalue weighted by Gasteiger charge is -2.12. The maximum Gasteiger partial charge on any atom is 0.328 e. The summed E-state index contributed by atoms with van der Waals surface area (Å²) in [5.41, 5.74) is 1.19. The second-order valence-corrected chi connectivity index (χ2v) is 4.84. The summed E-state index contributed by atoms with van der Waals surface area (Å²) < 4.78 is 4.86. The van der Waals surface area contributed by atoms with Crippen molar-refractivity contribution < 1.29 is 14.3 Å². The van der Waals surface area contributed by atoms with E-state index in [2.05, 4.69) is 5.32 Å². The van der Waals surface area contributed by atoms with Crippen LogP contribution in [-0.2, 0) is 14.3 Å². The molecule has 102 valence electrons. The Morgan fingerprint density at radius 1 is 1.37 bits per heavy atom. The molecule has 0 heterocycles. The summed E-state index contributed by atoms with van der Waals surface area (Å²) in [4.78, 5) is 23.4. The smallest absolute Gasteiger partial charge is 0.328 e. The number of hydrogen-bond donors (Lipinski definition) is 1. The Bertz CT molecular complexity index is 458. The van der Waals surface area contributed by atoms with E-state index >= 15 is 0 Å². The molecule has 1 aromatic rings. The Balaban J connectivity index is 1.85. The summed E-state index contributed by atoms with van der Waals surface area (Å²) in [6.45, 7) is 3.73. The van der Waals surface area contributed by atoms with Crippen LogP contribution in [0, 0.1) is 5.92 Å². The van der Waals surface area contributed by atoms with Gasteiger partial charge in [0.25, 0.3) is 0 Å². The number of hydrogen-bond acceptors (Lipinski definition) is 3. The molecule has 0 radical (unpaired) electrons. The highest BCUT2D eigenvalue weighted by Gasteiger charge is 2.44. The highest BCUT2D eigenvalue weighted by atomic mass is 16.5. The molecule has 0 aliphatic heterocycles. The molecule has 1 saturated carbocycles. The molecule has 1 aliphatic rings. The largest absolute Gasteiger partial charge is 0.464 e. The zero-order chi connectivity index (χ0) is 13.8. The van der Waals surface area contributed by atoms with Crippen LogP contribution in [0.2, 0.25) is 0 Å². The fourth-order valence-electron chi connectivity index (χ4n) is 2.20. The number of nitrogens with one attached hydrogen (secondary N) is 1. The number of amides is 1. The van der Waals surface area contributed by atoms with Crippen LogP contribution in [-0.4, -0.2) is 24.5 Å². The summed E-state index contributed by atoms with van der Waals surface area (Å²) in [6, 6.07) is 9.40. The quantitative estimate of drug-likeness (QED) is 0.823. The molecule has 1 aliphatic carbocycles. The zero-order valence-electron chi connectivity index (χ0n) is 11.3. The van der Waals surface area contributed by atoms with Crippen LogP contribution in [0.4, 0.5) is 0 Å². The molecule has 4 nitrogen and oxygen atoms in total. The topological polar surface area (TPSA) is 55.4 Å². The SMILES string of the molecule is CCOC(=O)C(C)NC(=O)C1CC1c1ccccc1. The number of esters is 1. The van der Waals surface area contributed by atoms with Gasteiger partial charge in [0.15, 0.2) is 0 Å². The molecule has 1 amide bonds. The Morgan fingerprint density at radius 3 is 2.68 bits per heavy atom. The Morgan fingerprint density at radius 2 is 2.05 bits per heavy atom. The lowest BCUT2D eigenvalue weighted by atomic mass is 10.1. The molecule has 0 bridgehead atoms. The highest BCUT2D eigenvalue weighted by molar-refractivity contribution is 5.87. The first-order chi connectivity index (χ1) is 9.13. The molecule has 19 heavy (non-hydrogen) atoms. The Kier molecular flexibility index (Phi) is 4.20. The van der Waals surface area contributed by atoms with E-state index in [9.17, 15) is 9.59 Å². The van der Waals surface area contributed by atoms with E-state index in [-0.39, 0.29) is 23.7 Å². The lowest BCUT2D eigenvalue weighted by molar-refractivity contribution is -0.147.